The molecule has 2 aromatic carbocycles. The highest BCUT2D eigenvalue weighted by Crippen LogP contribution is 2.13. The zero-order valence-electron chi connectivity index (χ0n) is 8.53. The molecule has 2 aromatic rings. The molecule has 2 heteroatoms. The monoisotopic (exact) mass is 432 g/mol. The fourth-order valence-corrected chi connectivity index (χ4v) is 2.55. The Morgan fingerprint density at radius 1 is 0.688 bits per heavy atom. The van der Waals surface area contributed by atoms with E-state index in [9.17, 15) is 0 Å². The van der Waals surface area contributed by atoms with Crippen LogP contribution in [0.25, 0.3) is 12.2 Å². The van der Waals surface area contributed by atoms with E-state index >= 15 is 0 Å². The normalized spacial score (nSPS) is 10.9. The molecule has 0 aliphatic heterocycles. The molecule has 0 radical (unpaired) electrons. The van der Waals surface area contributed by atoms with E-state index in [1.54, 1.807) is 0 Å². The highest BCUT2D eigenvalue weighted by atomic mass is 127. The van der Waals surface area contributed by atoms with Gasteiger partial charge in [-0.25, -0.2) is 0 Å². The Bertz CT molecular complexity index is 468. The lowest BCUT2D eigenvalue weighted by atomic mass is 10.1. The zero-order valence-corrected chi connectivity index (χ0v) is 12.8. The van der Waals surface area contributed by atoms with Crippen LogP contribution in [0.1, 0.15) is 11.1 Å². The molecule has 0 spiro atoms. The standard InChI is InChI=1S/C14H10I2/c15-13-5-1-3-11(9-13)7-8-12-4-2-6-14(16)10-12/h1-10H/b8-7+. The van der Waals surface area contributed by atoms with Crippen molar-refractivity contribution in [2.75, 3.05) is 0 Å². The Balaban J connectivity index is 2.21. The Morgan fingerprint density at radius 2 is 1.12 bits per heavy atom. The number of halogens is 2. The molecule has 0 unspecified atom stereocenters. The van der Waals surface area contributed by atoms with Gasteiger partial charge in [0, 0.05) is 7.14 Å². The molecule has 0 bridgehead atoms. The number of hydrogen-bond donors (Lipinski definition) is 0. The third kappa shape index (κ3) is 3.59. The van der Waals surface area contributed by atoms with Crippen LogP contribution in [0.4, 0.5) is 0 Å². The van der Waals surface area contributed by atoms with Gasteiger partial charge >= 0.3 is 0 Å². The molecule has 0 atom stereocenters. The summed E-state index contributed by atoms with van der Waals surface area (Å²) in [6.07, 6.45) is 4.29. The third-order valence-corrected chi connectivity index (χ3v) is 3.51. The molecule has 0 aliphatic rings. The van der Waals surface area contributed by atoms with Crippen LogP contribution in [0.2, 0.25) is 0 Å². The summed E-state index contributed by atoms with van der Waals surface area (Å²) in [6, 6.07) is 16.9. The van der Waals surface area contributed by atoms with Gasteiger partial charge in [-0.2, -0.15) is 0 Å². The quantitative estimate of drug-likeness (QED) is 0.460. The number of benzene rings is 2. The van der Waals surface area contributed by atoms with Crippen molar-refractivity contribution in [2.24, 2.45) is 0 Å². The second-order valence-electron chi connectivity index (χ2n) is 3.44. The first-order valence-corrected chi connectivity index (χ1v) is 7.09. The number of hydrogen-bond acceptors (Lipinski definition) is 0. The molecule has 0 aliphatic carbocycles. The molecule has 0 saturated heterocycles. The summed E-state index contributed by atoms with van der Waals surface area (Å²) in [4.78, 5) is 0. The Kier molecular flexibility index (Phi) is 4.40. The fourth-order valence-electron chi connectivity index (χ4n) is 1.41. The SMILES string of the molecule is Ic1cccc(/C=C/c2cccc(I)c2)c1. The first-order valence-electron chi connectivity index (χ1n) is 4.93. The smallest absolute Gasteiger partial charge is 0.0136 e. The van der Waals surface area contributed by atoms with E-state index in [-0.39, 0.29) is 0 Å². The van der Waals surface area contributed by atoms with Gasteiger partial charge in [-0.05, 0) is 80.6 Å². The largest absolute Gasteiger partial charge is 0.0606 e. The Labute approximate surface area is 123 Å². The summed E-state index contributed by atoms with van der Waals surface area (Å²) < 4.78 is 2.53. The molecule has 0 nitrogen and oxygen atoms in total. The molecule has 0 fully saturated rings. The zero-order chi connectivity index (χ0) is 11.4. The van der Waals surface area contributed by atoms with Crippen LogP contribution in [0.5, 0.6) is 0 Å². The predicted molar refractivity (Wildman–Crippen MR) is 87.2 cm³/mol. The second kappa shape index (κ2) is 5.82. The van der Waals surface area contributed by atoms with Gasteiger partial charge in [0.15, 0.2) is 0 Å². The van der Waals surface area contributed by atoms with E-state index in [4.69, 9.17) is 0 Å². The van der Waals surface area contributed by atoms with Gasteiger partial charge in [-0.15, -0.1) is 0 Å². The van der Waals surface area contributed by atoms with Crippen LogP contribution in [-0.2, 0) is 0 Å². The molecule has 0 N–H and O–H groups in total. The van der Waals surface area contributed by atoms with Gasteiger partial charge < -0.3 is 0 Å². The Morgan fingerprint density at radius 3 is 1.50 bits per heavy atom. The lowest BCUT2D eigenvalue weighted by Gasteiger charge is -1.96. The first-order chi connectivity index (χ1) is 7.74. The average Bonchev–Trinajstić information content (AvgIpc) is 2.27. The topological polar surface area (TPSA) is 0 Å². The van der Waals surface area contributed by atoms with E-state index < -0.39 is 0 Å². The molecule has 0 amide bonds. The Hall–Kier alpha value is -0.360. The van der Waals surface area contributed by atoms with Crippen LogP contribution in [0.3, 0.4) is 0 Å². The van der Waals surface area contributed by atoms with Gasteiger partial charge in [-0.3, -0.25) is 0 Å². The van der Waals surface area contributed by atoms with Crippen LogP contribution < -0.4 is 0 Å². The summed E-state index contributed by atoms with van der Waals surface area (Å²) in [6.45, 7) is 0. The van der Waals surface area contributed by atoms with Gasteiger partial charge in [0.1, 0.15) is 0 Å². The molecule has 80 valence electrons. The second-order valence-corrected chi connectivity index (χ2v) is 5.93. The molecular formula is C14H10I2. The van der Waals surface area contributed by atoms with Crippen molar-refractivity contribution in [3.05, 3.63) is 66.8 Å². The van der Waals surface area contributed by atoms with Crippen molar-refractivity contribution in [3.63, 3.8) is 0 Å². The van der Waals surface area contributed by atoms with Gasteiger partial charge in [0.05, 0.1) is 0 Å². The minimum atomic E-state index is 1.24. The molecular weight excluding hydrogens is 422 g/mol. The lowest BCUT2D eigenvalue weighted by molar-refractivity contribution is 1.59. The van der Waals surface area contributed by atoms with Crippen molar-refractivity contribution >= 4 is 57.3 Å². The van der Waals surface area contributed by atoms with E-state index in [2.05, 4.69) is 106 Å². The number of rotatable bonds is 2. The fraction of sp³-hybridized carbons (Fsp3) is 0. The summed E-state index contributed by atoms with van der Waals surface area (Å²) in [5.74, 6) is 0. The minimum absolute atomic E-state index is 1.24. The summed E-state index contributed by atoms with van der Waals surface area (Å²) in [7, 11) is 0. The summed E-state index contributed by atoms with van der Waals surface area (Å²) in [5.41, 5.74) is 2.48. The first kappa shape index (κ1) is 12.1. The van der Waals surface area contributed by atoms with Crippen LogP contribution in [0, 0.1) is 7.14 Å². The van der Waals surface area contributed by atoms with Crippen molar-refractivity contribution in [3.8, 4) is 0 Å². The molecule has 0 saturated carbocycles. The van der Waals surface area contributed by atoms with Gasteiger partial charge in [0.2, 0.25) is 0 Å². The van der Waals surface area contributed by atoms with E-state index in [1.165, 1.54) is 18.3 Å². The maximum absolute atomic E-state index is 2.33. The molecule has 0 aromatic heterocycles. The molecule has 0 heterocycles. The van der Waals surface area contributed by atoms with Crippen molar-refractivity contribution in [2.45, 2.75) is 0 Å². The van der Waals surface area contributed by atoms with Crippen molar-refractivity contribution in [1.29, 1.82) is 0 Å². The highest BCUT2D eigenvalue weighted by molar-refractivity contribution is 14.1. The highest BCUT2D eigenvalue weighted by Gasteiger charge is 1.90. The maximum Gasteiger partial charge on any atom is 0.0136 e. The van der Waals surface area contributed by atoms with E-state index in [1.807, 2.05) is 0 Å². The maximum atomic E-state index is 2.33. The van der Waals surface area contributed by atoms with Crippen molar-refractivity contribution < 1.29 is 0 Å². The van der Waals surface area contributed by atoms with Gasteiger partial charge in [-0.1, -0.05) is 36.4 Å². The van der Waals surface area contributed by atoms with Crippen molar-refractivity contribution in [1.82, 2.24) is 0 Å². The van der Waals surface area contributed by atoms with Crippen LogP contribution in [-0.4, -0.2) is 0 Å². The minimum Gasteiger partial charge on any atom is -0.0606 e. The predicted octanol–water partition coefficient (Wildman–Crippen LogP) is 5.07. The van der Waals surface area contributed by atoms with Gasteiger partial charge in [0.25, 0.3) is 0 Å². The van der Waals surface area contributed by atoms with E-state index in [0.717, 1.165) is 0 Å². The molecule has 2 rings (SSSR count). The summed E-state index contributed by atoms with van der Waals surface area (Å²) >= 11 is 4.66. The molecule has 16 heavy (non-hydrogen) atoms. The van der Waals surface area contributed by atoms with E-state index in [0.29, 0.717) is 0 Å². The van der Waals surface area contributed by atoms with Crippen LogP contribution in [0.15, 0.2) is 48.5 Å². The summed E-state index contributed by atoms with van der Waals surface area (Å²) in [5, 5.41) is 0. The third-order valence-electron chi connectivity index (χ3n) is 2.17. The lowest BCUT2D eigenvalue weighted by Crippen LogP contribution is -1.76. The average molecular weight is 432 g/mol. The van der Waals surface area contributed by atoms with Crippen LogP contribution >= 0.6 is 45.2 Å².